The molecule has 1 aromatic rings. The van der Waals surface area contributed by atoms with Gasteiger partial charge in [0.1, 0.15) is 5.25 Å². The van der Waals surface area contributed by atoms with Crippen molar-refractivity contribution in [1.82, 2.24) is 4.90 Å². The van der Waals surface area contributed by atoms with Gasteiger partial charge in [-0.3, -0.25) is 4.79 Å². The maximum absolute atomic E-state index is 11.7. The number of primary sulfonamides is 1. The SMILES string of the molecule is Cc1ccc(SCCN2CC(S(N)(=O)=O)CC2=O)cc1. The Balaban J connectivity index is 1.83. The molecule has 20 heavy (non-hydrogen) atoms. The molecule has 110 valence electrons. The van der Waals surface area contributed by atoms with Gasteiger partial charge < -0.3 is 4.90 Å². The van der Waals surface area contributed by atoms with Gasteiger partial charge in [0.2, 0.25) is 15.9 Å². The van der Waals surface area contributed by atoms with E-state index in [2.05, 4.69) is 0 Å². The molecule has 0 spiro atoms. The minimum Gasteiger partial charge on any atom is -0.340 e. The highest BCUT2D eigenvalue weighted by Gasteiger charge is 2.35. The molecule has 1 aromatic carbocycles. The third kappa shape index (κ3) is 3.97. The molecule has 0 aromatic heterocycles. The predicted molar refractivity (Wildman–Crippen MR) is 80.0 cm³/mol. The summed E-state index contributed by atoms with van der Waals surface area (Å²) in [5.41, 5.74) is 1.21. The molecule has 0 aliphatic carbocycles. The summed E-state index contributed by atoms with van der Waals surface area (Å²) in [6.07, 6.45) is 0.00797. The zero-order chi connectivity index (χ0) is 14.8. The number of sulfonamides is 1. The van der Waals surface area contributed by atoms with Gasteiger partial charge >= 0.3 is 0 Å². The number of hydrogen-bond acceptors (Lipinski definition) is 4. The topological polar surface area (TPSA) is 80.5 Å². The van der Waals surface area contributed by atoms with Gasteiger partial charge in [0.15, 0.2) is 0 Å². The van der Waals surface area contributed by atoms with E-state index in [-0.39, 0.29) is 18.9 Å². The van der Waals surface area contributed by atoms with Crippen LogP contribution in [0.4, 0.5) is 0 Å². The van der Waals surface area contributed by atoms with Gasteiger partial charge in [-0.1, -0.05) is 17.7 Å². The smallest absolute Gasteiger partial charge is 0.224 e. The van der Waals surface area contributed by atoms with Crippen molar-refractivity contribution in [1.29, 1.82) is 0 Å². The van der Waals surface area contributed by atoms with Gasteiger partial charge in [0, 0.05) is 30.2 Å². The van der Waals surface area contributed by atoms with Gasteiger partial charge in [0.05, 0.1) is 0 Å². The fourth-order valence-electron chi connectivity index (χ4n) is 2.08. The third-order valence-electron chi connectivity index (χ3n) is 3.29. The van der Waals surface area contributed by atoms with Gasteiger partial charge in [-0.15, -0.1) is 11.8 Å². The van der Waals surface area contributed by atoms with Crippen molar-refractivity contribution in [2.75, 3.05) is 18.8 Å². The zero-order valence-electron chi connectivity index (χ0n) is 11.3. The maximum atomic E-state index is 11.7. The second-order valence-corrected chi connectivity index (χ2v) is 7.93. The Labute approximate surface area is 123 Å². The number of nitrogens with two attached hydrogens (primary N) is 1. The Bertz CT molecular complexity index is 584. The summed E-state index contributed by atoms with van der Waals surface area (Å²) in [4.78, 5) is 14.4. The molecular weight excluding hydrogens is 296 g/mol. The number of amides is 1. The average molecular weight is 314 g/mol. The Hall–Kier alpha value is -1.05. The molecule has 5 nitrogen and oxygen atoms in total. The van der Waals surface area contributed by atoms with Crippen LogP contribution < -0.4 is 5.14 Å². The highest BCUT2D eigenvalue weighted by Crippen LogP contribution is 2.21. The summed E-state index contributed by atoms with van der Waals surface area (Å²) in [5, 5.41) is 4.34. The molecule has 1 aliphatic rings. The number of carbonyl (C=O) groups excluding carboxylic acids is 1. The van der Waals surface area contributed by atoms with E-state index in [0.717, 1.165) is 10.6 Å². The summed E-state index contributed by atoms with van der Waals surface area (Å²) in [5.74, 6) is 0.611. The Morgan fingerprint density at radius 3 is 2.55 bits per heavy atom. The molecule has 1 fully saturated rings. The van der Waals surface area contributed by atoms with Gasteiger partial charge in [-0.2, -0.15) is 0 Å². The fraction of sp³-hybridized carbons (Fsp3) is 0.462. The average Bonchev–Trinajstić information content (AvgIpc) is 2.74. The number of thioether (sulfide) groups is 1. The van der Waals surface area contributed by atoms with Crippen molar-refractivity contribution in [3.8, 4) is 0 Å². The molecule has 7 heteroatoms. The van der Waals surface area contributed by atoms with Crippen molar-refractivity contribution in [3.05, 3.63) is 29.8 Å². The molecule has 2 N–H and O–H groups in total. The third-order valence-corrected chi connectivity index (χ3v) is 5.53. The molecule has 1 saturated heterocycles. The molecule has 1 atom stereocenters. The maximum Gasteiger partial charge on any atom is 0.224 e. The van der Waals surface area contributed by atoms with Crippen LogP contribution in [0, 0.1) is 6.92 Å². The van der Waals surface area contributed by atoms with E-state index in [9.17, 15) is 13.2 Å². The first-order valence-corrected chi connectivity index (χ1v) is 8.94. The molecule has 1 heterocycles. The summed E-state index contributed by atoms with van der Waals surface area (Å²) in [6, 6.07) is 8.17. The second-order valence-electron chi connectivity index (χ2n) is 4.92. The number of benzene rings is 1. The number of hydrogen-bond donors (Lipinski definition) is 1. The van der Waals surface area contributed by atoms with Crippen LogP contribution in [0.1, 0.15) is 12.0 Å². The number of aryl methyl sites for hydroxylation is 1. The van der Waals surface area contributed by atoms with Crippen molar-refractivity contribution < 1.29 is 13.2 Å². The first-order chi connectivity index (χ1) is 9.36. The lowest BCUT2D eigenvalue weighted by Gasteiger charge is -2.15. The molecule has 0 bridgehead atoms. The van der Waals surface area contributed by atoms with Crippen LogP contribution in [0.15, 0.2) is 29.2 Å². The highest BCUT2D eigenvalue weighted by atomic mass is 32.2. The lowest BCUT2D eigenvalue weighted by atomic mass is 10.2. The summed E-state index contributed by atoms with van der Waals surface area (Å²) >= 11 is 1.65. The molecule has 0 radical (unpaired) electrons. The lowest BCUT2D eigenvalue weighted by molar-refractivity contribution is -0.127. The number of nitrogens with zero attached hydrogens (tertiary/aromatic N) is 1. The fourth-order valence-corrected chi connectivity index (χ4v) is 3.72. The minimum absolute atomic E-state index is 0.00797. The van der Waals surface area contributed by atoms with Crippen LogP contribution in [0.5, 0.6) is 0 Å². The Kier molecular flexibility index (Phi) is 4.72. The summed E-state index contributed by atoms with van der Waals surface area (Å²) in [7, 11) is -3.62. The summed E-state index contributed by atoms with van der Waals surface area (Å²) in [6.45, 7) is 2.79. The van der Waals surface area contributed by atoms with E-state index in [1.54, 1.807) is 16.7 Å². The van der Waals surface area contributed by atoms with Crippen molar-refractivity contribution in [2.45, 2.75) is 23.5 Å². The Morgan fingerprint density at radius 1 is 1.35 bits per heavy atom. The van der Waals surface area contributed by atoms with E-state index in [1.807, 2.05) is 31.2 Å². The van der Waals surface area contributed by atoms with Crippen molar-refractivity contribution >= 4 is 27.7 Å². The quantitative estimate of drug-likeness (QED) is 0.822. The van der Waals surface area contributed by atoms with Crippen LogP contribution in [-0.4, -0.2) is 43.3 Å². The van der Waals surface area contributed by atoms with Crippen LogP contribution in [0.3, 0.4) is 0 Å². The van der Waals surface area contributed by atoms with Crippen LogP contribution in [0.25, 0.3) is 0 Å². The van der Waals surface area contributed by atoms with Crippen molar-refractivity contribution in [2.24, 2.45) is 5.14 Å². The normalized spacial score (nSPS) is 19.6. The minimum atomic E-state index is -3.62. The number of carbonyl (C=O) groups is 1. The predicted octanol–water partition coefficient (Wildman–Crippen LogP) is 0.977. The lowest BCUT2D eigenvalue weighted by Crippen LogP contribution is -2.33. The molecule has 1 amide bonds. The molecule has 0 saturated carbocycles. The van der Waals surface area contributed by atoms with Gasteiger partial charge in [-0.25, -0.2) is 13.6 Å². The first-order valence-electron chi connectivity index (χ1n) is 6.35. The standard InChI is InChI=1S/C13H18N2O3S2/c1-10-2-4-11(5-3-10)19-7-6-15-9-12(8-13(15)16)20(14,17)18/h2-5,12H,6-9H2,1H3,(H2,14,17,18). The molecule has 1 aliphatic heterocycles. The Morgan fingerprint density at radius 2 is 2.00 bits per heavy atom. The van der Waals surface area contributed by atoms with Crippen molar-refractivity contribution in [3.63, 3.8) is 0 Å². The van der Waals surface area contributed by atoms with E-state index in [4.69, 9.17) is 5.14 Å². The van der Waals surface area contributed by atoms with E-state index >= 15 is 0 Å². The molecular formula is C13H18N2O3S2. The van der Waals surface area contributed by atoms with Crippen LogP contribution in [-0.2, 0) is 14.8 Å². The summed E-state index contributed by atoms with van der Waals surface area (Å²) < 4.78 is 22.5. The van der Waals surface area contributed by atoms with Crippen LogP contribution in [0.2, 0.25) is 0 Å². The van der Waals surface area contributed by atoms with E-state index < -0.39 is 15.3 Å². The molecule has 1 unspecified atom stereocenters. The largest absolute Gasteiger partial charge is 0.340 e. The van der Waals surface area contributed by atoms with Gasteiger partial charge in [0.25, 0.3) is 0 Å². The highest BCUT2D eigenvalue weighted by molar-refractivity contribution is 7.99. The van der Waals surface area contributed by atoms with Gasteiger partial charge in [-0.05, 0) is 19.1 Å². The first kappa shape index (κ1) is 15.3. The second kappa shape index (κ2) is 6.15. The molecule has 2 rings (SSSR count). The zero-order valence-corrected chi connectivity index (χ0v) is 12.9. The monoisotopic (exact) mass is 314 g/mol. The van der Waals surface area contributed by atoms with E-state index in [1.165, 1.54) is 5.56 Å². The van der Waals surface area contributed by atoms with E-state index in [0.29, 0.717) is 6.54 Å². The number of rotatable bonds is 5. The van der Waals surface area contributed by atoms with Crippen LogP contribution >= 0.6 is 11.8 Å². The number of likely N-dealkylation sites (tertiary alicyclic amines) is 1.